The number of hydrogen-bond acceptors (Lipinski definition) is 8. The Hall–Kier alpha value is -3.31. The summed E-state index contributed by atoms with van der Waals surface area (Å²) in [6.07, 6.45) is 5.29. The fraction of sp³-hybridized carbons (Fsp3) is 0.360. The highest BCUT2D eigenvalue weighted by molar-refractivity contribution is 7.93. The molecule has 3 aromatic rings. The van der Waals surface area contributed by atoms with Gasteiger partial charge in [0.15, 0.2) is 4.90 Å². The Bertz CT molecular complexity index is 1330. The molecule has 9 nitrogen and oxygen atoms in total. The number of nitrogens with zero attached hydrogens (tertiary/aromatic N) is 3. The molecule has 3 heterocycles. The zero-order valence-corrected chi connectivity index (χ0v) is 22.0. The Labute approximate surface area is 214 Å². The van der Waals surface area contributed by atoms with E-state index >= 15 is 0 Å². The van der Waals surface area contributed by atoms with Gasteiger partial charge in [-0.2, -0.15) is 0 Å². The van der Waals surface area contributed by atoms with Crippen LogP contribution >= 0.6 is 11.3 Å². The SMILES string of the molecule is CCOc1nn(CC)cc1S(=O)(=O)N1CC(CCC(=O)OC)Oc2ccc(C=Cc3cccs3)cc21. The molecule has 0 N–H and O–H groups in total. The van der Waals surface area contributed by atoms with Crippen LogP contribution in [0, 0.1) is 0 Å². The van der Waals surface area contributed by atoms with Crippen LogP contribution in [0.2, 0.25) is 0 Å². The van der Waals surface area contributed by atoms with Crippen LogP contribution in [0.5, 0.6) is 11.6 Å². The van der Waals surface area contributed by atoms with E-state index in [2.05, 4.69) is 5.10 Å². The van der Waals surface area contributed by atoms with Crippen molar-refractivity contribution >= 4 is 45.2 Å². The Morgan fingerprint density at radius 3 is 2.81 bits per heavy atom. The van der Waals surface area contributed by atoms with Crippen molar-refractivity contribution in [1.29, 1.82) is 0 Å². The quantitative estimate of drug-likeness (QED) is 0.357. The van der Waals surface area contributed by atoms with Gasteiger partial charge in [-0.3, -0.25) is 13.8 Å². The highest BCUT2D eigenvalue weighted by atomic mass is 32.2. The van der Waals surface area contributed by atoms with Gasteiger partial charge in [0.2, 0.25) is 0 Å². The van der Waals surface area contributed by atoms with Crippen molar-refractivity contribution in [3.8, 4) is 11.6 Å². The molecule has 0 saturated carbocycles. The second-order valence-electron chi connectivity index (χ2n) is 8.05. The second-order valence-corrected chi connectivity index (χ2v) is 10.9. The molecule has 192 valence electrons. The number of esters is 1. The standard InChI is InChI=1S/C25H29N3O6S2/c1-4-27-17-23(25(26-27)33-5-2)36(30,31)28-16-19(10-13-24(29)32-3)34-22-12-9-18(15-21(22)28)8-11-20-7-6-14-35-20/h6-9,11-12,14-15,17,19H,4-5,10,13,16H2,1-3H3. The molecule has 1 unspecified atom stereocenters. The summed E-state index contributed by atoms with van der Waals surface area (Å²) in [5.41, 5.74) is 1.25. The van der Waals surface area contributed by atoms with E-state index in [1.165, 1.54) is 22.3 Å². The lowest BCUT2D eigenvalue weighted by molar-refractivity contribution is -0.141. The molecular formula is C25H29N3O6S2. The molecule has 0 radical (unpaired) electrons. The maximum atomic E-state index is 14.0. The highest BCUT2D eigenvalue weighted by Gasteiger charge is 2.37. The van der Waals surface area contributed by atoms with Crippen molar-refractivity contribution < 1.29 is 27.4 Å². The third-order valence-electron chi connectivity index (χ3n) is 5.67. The fourth-order valence-corrected chi connectivity index (χ4v) is 6.03. The average Bonchev–Trinajstić information content (AvgIpc) is 3.56. The van der Waals surface area contributed by atoms with Crippen molar-refractivity contribution in [2.45, 2.75) is 44.2 Å². The Kier molecular flexibility index (Phi) is 8.00. The predicted molar refractivity (Wildman–Crippen MR) is 139 cm³/mol. The van der Waals surface area contributed by atoms with E-state index in [0.717, 1.165) is 10.4 Å². The van der Waals surface area contributed by atoms with Gasteiger partial charge in [-0.15, -0.1) is 16.4 Å². The van der Waals surface area contributed by atoms with Gasteiger partial charge in [-0.05, 0) is 55.5 Å². The Morgan fingerprint density at radius 2 is 2.11 bits per heavy atom. The number of thiophene rings is 1. The third-order valence-corrected chi connectivity index (χ3v) is 8.26. The van der Waals surface area contributed by atoms with E-state index in [1.807, 2.05) is 42.7 Å². The maximum absolute atomic E-state index is 14.0. The molecule has 0 aliphatic carbocycles. The summed E-state index contributed by atoms with van der Waals surface area (Å²) in [4.78, 5) is 12.8. The first-order chi connectivity index (χ1) is 17.3. The summed E-state index contributed by atoms with van der Waals surface area (Å²) in [5, 5.41) is 6.28. The van der Waals surface area contributed by atoms with Gasteiger partial charge in [0.25, 0.3) is 15.9 Å². The smallest absolute Gasteiger partial charge is 0.305 e. The van der Waals surface area contributed by atoms with Gasteiger partial charge >= 0.3 is 5.97 Å². The zero-order chi connectivity index (χ0) is 25.7. The molecule has 0 fully saturated rings. The largest absolute Gasteiger partial charge is 0.486 e. The summed E-state index contributed by atoms with van der Waals surface area (Å²) in [6.45, 7) is 4.46. The average molecular weight is 532 g/mol. The van der Waals surface area contributed by atoms with Gasteiger partial charge in [-0.1, -0.05) is 18.2 Å². The number of anilines is 1. The molecule has 0 bridgehead atoms. The number of rotatable bonds is 10. The molecule has 36 heavy (non-hydrogen) atoms. The van der Waals surface area contributed by atoms with Crippen molar-refractivity contribution in [2.75, 3.05) is 24.6 Å². The van der Waals surface area contributed by atoms with E-state index in [9.17, 15) is 13.2 Å². The summed E-state index contributed by atoms with van der Waals surface area (Å²) in [7, 11) is -2.74. The van der Waals surface area contributed by atoms with Crippen LogP contribution in [0.4, 0.5) is 5.69 Å². The van der Waals surface area contributed by atoms with Crippen LogP contribution in [0.3, 0.4) is 0 Å². The van der Waals surface area contributed by atoms with E-state index in [4.69, 9.17) is 14.2 Å². The molecule has 1 atom stereocenters. The van der Waals surface area contributed by atoms with E-state index < -0.39 is 16.1 Å². The van der Waals surface area contributed by atoms with Crippen LogP contribution in [-0.4, -0.2) is 50.5 Å². The van der Waals surface area contributed by atoms with Crippen LogP contribution < -0.4 is 13.8 Å². The maximum Gasteiger partial charge on any atom is 0.305 e. The lowest BCUT2D eigenvalue weighted by Gasteiger charge is -2.35. The molecule has 1 aromatic carbocycles. The first kappa shape index (κ1) is 25.8. The third kappa shape index (κ3) is 5.57. The van der Waals surface area contributed by atoms with Crippen LogP contribution in [0.15, 0.2) is 46.8 Å². The minimum atomic E-state index is -4.06. The van der Waals surface area contributed by atoms with Gasteiger partial charge in [-0.25, -0.2) is 8.42 Å². The number of aryl methyl sites for hydroxylation is 1. The van der Waals surface area contributed by atoms with E-state index in [-0.39, 0.29) is 36.3 Å². The number of carbonyl (C=O) groups is 1. The predicted octanol–water partition coefficient (Wildman–Crippen LogP) is 4.44. The highest BCUT2D eigenvalue weighted by Crippen LogP contribution is 2.40. The molecule has 1 aliphatic heterocycles. The topological polar surface area (TPSA) is 100.0 Å². The fourth-order valence-electron chi connectivity index (χ4n) is 3.84. The minimum absolute atomic E-state index is 0.00898. The summed E-state index contributed by atoms with van der Waals surface area (Å²) < 4.78 is 47.3. The lowest BCUT2D eigenvalue weighted by Crippen LogP contribution is -2.43. The first-order valence-corrected chi connectivity index (χ1v) is 14.0. The van der Waals surface area contributed by atoms with Crippen molar-refractivity contribution in [3.05, 3.63) is 52.3 Å². The summed E-state index contributed by atoms with van der Waals surface area (Å²) >= 11 is 1.61. The van der Waals surface area contributed by atoms with Crippen molar-refractivity contribution in [2.24, 2.45) is 0 Å². The summed E-state index contributed by atoms with van der Waals surface area (Å²) in [6, 6.07) is 9.40. The lowest BCUT2D eigenvalue weighted by atomic mass is 10.1. The minimum Gasteiger partial charge on any atom is -0.486 e. The monoisotopic (exact) mass is 531 g/mol. The number of fused-ring (bicyclic) bond motifs is 1. The number of carbonyl (C=O) groups excluding carboxylic acids is 1. The number of methoxy groups -OCH3 is 1. The van der Waals surface area contributed by atoms with Crippen molar-refractivity contribution in [3.63, 3.8) is 0 Å². The van der Waals surface area contributed by atoms with Gasteiger partial charge in [0.1, 0.15) is 11.9 Å². The molecule has 1 aliphatic rings. The van der Waals surface area contributed by atoms with E-state index in [0.29, 0.717) is 24.4 Å². The van der Waals surface area contributed by atoms with Crippen LogP contribution in [0.25, 0.3) is 12.2 Å². The molecule has 0 saturated heterocycles. The number of hydrogen-bond donors (Lipinski definition) is 0. The number of benzene rings is 1. The normalized spacial score (nSPS) is 15.5. The van der Waals surface area contributed by atoms with Crippen LogP contribution in [0.1, 0.15) is 37.1 Å². The molecule has 4 rings (SSSR count). The first-order valence-electron chi connectivity index (χ1n) is 11.7. The second kappa shape index (κ2) is 11.2. The van der Waals surface area contributed by atoms with E-state index in [1.54, 1.807) is 30.4 Å². The van der Waals surface area contributed by atoms with Gasteiger partial charge in [0.05, 0.1) is 25.9 Å². The molecule has 0 amide bonds. The van der Waals surface area contributed by atoms with Crippen LogP contribution in [-0.2, 0) is 26.1 Å². The Balaban J connectivity index is 1.74. The number of aromatic nitrogens is 2. The zero-order valence-electron chi connectivity index (χ0n) is 20.4. The van der Waals surface area contributed by atoms with Crippen molar-refractivity contribution in [1.82, 2.24) is 9.78 Å². The number of sulfonamides is 1. The number of ether oxygens (including phenoxy) is 3. The van der Waals surface area contributed by atoms with Gasteiger partial charge in [0, 0.05) is 24.0 Å². The molecular weight excluding hydrogens is 502 g/mol. The summed E-state index contributed by atoms with van der Waals surface area (Å²) in [5.74, 6) is 0.108. The Morgan fingerprint density at radius 1 is 1.28 bits per heavy atom. The molecule has 2 aromatic heterocycles. The van der Waals surface area contributed by atoms with Gasteiger partial charge < -0.3 is 14.2 Å². The molecule has 11 heteroatoms. The molecule has 0 spiro atoms.